The van der Waals surface area contributed by atoms with Crippen LogP contribution in [0.1, 0.15) is 58.3 Å². The summed E-state index contributed by atoms with van der Waals surface area (Å²) in [5, 5.41) is 0. The first-order valence-corrected chi connectivity index (χ1v) is 12.7. The van der Waals surface area contributed by atoms with Gasteiger partial charge in [-0.3, -0.25) is 19.3 Å². The maximum absolute atomic E-state index is 14.0. The van der Waals surface area contributed by atoms with Crippen molar-refractivity contribution in [3.63, 3.8) is 0 Å². The van der Waals surface area contributed by atoms with E-state index in [0.717, 1.165) is 27.2 Å². The molecule has 1 fully saturated rings. The van der Waals surface area contributed by atoms with Crippen LogP contribution in [0.2, 0.25) is 0 Å². The number of likely N-dealkylation sites (tertiary alicyclic amines) is 1. The number of hydrogen-bond acceptors (Lipinski definition) is 5. The number of benzene rings is 3. The number of imide groups is 1. The fraction of sp³-hybridized carbons (Fsp3) is 0.290. The van der Waals surface area contributed by atoms with Crippen LogP contribution in [0.4, 0.5) is 0 Å². The summed E-state index contributed by atoms with van der Waals surface area (Å²) in [5.41, 5.74) is 4.74. The molecule has 1 saturated heterocycles. The summed E-state index contributed by atoms with van der Waals surface area (Å²) in [7, 11) is 0. The molecule has 3 aromatic rings. The summed E-state index contributed by atoms with van der Waals surface area (Å²) in [4.78, 5) is 55.0. The number of amides is 2. The number of carbonyl (C=O) groups is 4. The van der Waals surface area contributed by atoms with E-state index in [1.807, 2.05) is 48.5 Å². The van der Waals surface area contributed by atoms with Crippen molar-refractivity contribution in [3.8, 4) is 0 Å². The number of ketones is 1. The van der Waals surface area contributed by atoms with Crippen molar-refractivity contribution in [1.29, 1.82) is 0 Å². The number of rotatable bonds is 6. The second kappa shape index (κ2) is 8.80. The Hall–Kier alpha value is -4.06. The fourth-order valence-electron chi connectivity index (χ4n) is 6.58. The number of esters is 1. The predicted molar refractivity (Wildman–Crippen MR) is 136 cm³/mol. The Labute approximate surface area is 215 Å². The smallest absolute Gasteiger partial charge is 0.330 e. The average molecular weight is 494 g/mol. The van der Waals surface area contributed by atoms with Crippen LogP contribution in [0, 0.1) is 17.8 Å². The van der Waals surface area contributed by atoms with E-state index in [9.17, 15) is 19.2 Å². The molecule has 6 heteroatoms. The number of ether oxygens (including phenoxy) is 1. The minimum absolute atomic E-state index is 0.243. The Morgan fingerprint density at radius 1 is 0.730 bits per heavy atom. The highest BCUT2D eigenvalue weighted by Gasteiger charge is 2.63. The lowest BCUT2D eigenvalue weighted by molar-refractivity contribution is -0.160. The predicted octanol–water partition coefficient (Wildman–Crippen LogP) is 4.33. The molecule has 0 saturated carbocycles. The van der Waals surface area contributed by atoms with Crippen molar-refractivity contribution in [3.05, 3.63) is 107 Å². The number of nitrogens with zero attached hydrogens (tertiary/aromatic N) is 1. The highest BCUT2D eigenvalue weighted by molar-refractivity contribution is 6.10. The van der Waals surface area contributed by atoms with E-state index in [0.29, 0.717) is 5.56 Å². The average Bonchev–Trinajstić information content (AvgIpc) is 3.18. The van der Waals surface area contributed by atoms with Crippen molar-refractivity contribution in [2.24, 2.45) is 17.8 Å². The van der Waals surface area contributed by atoms with E-state index < -0.39 is 30.5 Å². The summed E-state index contributed by atoms with van der Waals surface area (Å²) >= 11 is 0. The van der Waals surface area contributed by atoms with Crippen LogP contribution in [0.25, 0.3) is 0 Å². The summed E-state index contributed by atoms with van der Waals surface area (Å²) in [6.45, 7) is 3.12. The Morgan fingerprint density at radius 3 is 1.59 bits per heavy atom. The van der Waals surface area contributed by atoms with Gasteiger partial charge in [-0.05, 0) is 28.2 Å². The molecule has 3 aliphatic carbocycles. The third-order valence-corrected chi connectivity index (χ3v) is 8.07. The molecule has 3 atom stereocenters. The molecular weight excluding hydrogens is 466 g/mol. The summed E-state index contributed by atoms with van der Waals surface area (Å²) in [5.74, 6) is -3.74. The topological polar surface area (TPSA) is 80.8 Å². The number of carbonyl (C=O) groups excluding carboxylic acids is 4. The number of Topliss-reactive ketones (excluding diaryl/α,β-unsaturated/α-hetero) is 1. The zero-order chi connectivity index (χ0) is 25.8. The molecule has 37 heavy (non-hydrogen) atoms. The maximum atomic E-state index is 14.0. The molecule has 7 rings (SSSR count). The van der Waals surface area contributed by atoms with E-state index in [2.05, 4.69) is 0 Å². The van der Waals surface area contributed by atoms with E-state index in [1.54, 1.807) is 44.2 Å². The lowest BCUT2D eigenvalue weighted by Gasteiger charge is -2.45. The quantitative estimate of drug-likeness (QED) is 0.290. The second-order valence-electron chi connectivity index (χ2n) is 10.4. The molecule has 1 aliphatic heterocycles. The van der Waals surface area contributed by atoms with Gasteiger partial charge < -0.3 is 4.74 Å². The van der Waals surface area contributed by atoms with Crippen molar-refractivity contribution in [2.45, 2.75) is 31.7 Å². The van der Waals surface area contributed by atoms with E-state index in [4.69, 9.17) is 4.74 Å². The molecule has 186 valence electrons. The lowest BCUT2D eigenvalue weighted by atomic mass is 9.55. The van der Waals surface area contributed by atoms with Crippen molar-refractivity contribution in [1.82, 2.24) is 4.90 Å². The van der Waals surface area contributed by atoms with Gasteiger partial charge in [-0.25, -0.2) is 4.79 Å². The third-order valence-electron chi connectivity index (χ3n) is 8.07. The monoisotopic (exact) mass is 493 g/mol. The van der Waals surface area contributed by atoms with Crippen molar-refractivity contribution in [2.75, 3.05) is 6.61 Å². The SMILES string of the molecule is CC(C)[C@@H](C(=O)OCC(=O)c1ccccc1)N1C(=O)[C@H]2C3c4ccccc4C(c4ccccc43)[C@@H]2C1=O. The van der Waals surface area contributed by atoms with Crippen LogP contribution in [0.15, 0.2) is 78.9 Å². The Morgan fingerprint density at radius 2 is 1.16 bits per heavy atom. The summed E-state index contributed by atoms with van der Waals surface area (Å²) < 4.78 is 5.40. The largest absolute Gasteiger partial charge is 0.456 e. The summed E-state index contributed by atoms with van der Waals surface area (Å²) in [6.07, 6.45) is 0. The summed E-state index contributed by atoms with van der Waals surface area (Å²) in [6, 6.07) is 23.5. The molecule has 2 bridgehead atoms. The van der Waals surface area contributed by atoms with Gasteiger partial charge >= 0.3 is 5.97 Å². The highest BCUT2D eigenvalue weighted by atomic mass is 16.5. The highest BCUT2D eigenvalue weighted by Crippen LogP contribution is 2.61. The van der Waals surface area contributed by atoms with E-state index in [1.165, 1.54) is 0 Å². The van der Waals surface area contributed by atoms with Crippen LogP contribution in [-0.2, 0) is 19.1 Å². The minimum Gasteiger partial charge on any atom is -0.456 e. The zero-order valence-corrected chi connectivity index (χ0v) is 20.7. The zero-order valence-electron chi connectivity index (χ0n) is 20.7. The molecule has 1 heterocycles. The Kier molecular flexibility index (Phi) is 5.55. The van der Waals surface area contributed by atoms with Crippen LogP contribution in [0.3, 0.4) is 0 Å². The van der Waals surface area contributed by atoms with Gasteiger partial charge in [0.25, 0.3) is 0 Å². The molecule has 2 amide bonds. The molecular formula is C31H27NO5. The molecule has 0 unspecified atom stereocenters. The van der Waals surface area contributed by atoms with Gasteiger partial charge in [-0.1, -0.05) is 92.7 Å². The van der Waals surface area contributed by atoms with Gasteiger partial charge in [0.15, 0.2) is 12.4 Å². The van der Waals surface area contributed by atoms with Crippen LogP contribution >= 0.6 is 0 Å². The molecule has 0 radical (unpaired) electrons. The van der Waals surface area contributed by atoms with Gasteiger partial charge in [-0.2, -0.15) is 0 Å². The van der Waals surface area contributed by atoms with Crippen molar-refractivity contribution < 1.29 is 23.9 Å². The second-order valence-corrected chi connectivity index (χ2v) is 10.4. The number of hydrogen-bond donors (Lipinski definition) is 0. The molecule has 0 spiro atoms. The van der Waals surface area contributed by atoms with Crippen molar-refractivity contribution >= 4 is 23.6 Å². The van der Waals surface area contributed by atoms with Gasteiger partial charge in [-0.15, -0.1) is 0 Å². The first-order chi connectivity index (χ1) is 17.9. The first kappa shape index (κ1) is 23.3. The van der Waals surface area contributed by atoms with Crippen LogP contribution < -0.4 is 0 Å². The maximum Gasteiger partial charge on any atom is 0.330 e. The van der Waals surface area contributed by atoms with Gasteiger partial charge in [0.05, 0.1) is 11.8 Å². The molecule has 0 aromatic heterocycles. The van der Waals surface area contributed by atoms with Crippen LogP contribution in [-0.4, -0.2) is 41.1 Å². The van der Waals surface area contributed by atoms with Gasteiger partial charge in [0.1, 0.15) is 6.04 Å². The molecule has 4 aliphatic rings. The molecule has 6 nitrogen and oxygen atoms in total. The fourth-order valence-corrected chi connectivity index (χ4v) is 6.58. The standard InChI is InChI=1S/C31H27NO5/c1-17(2)28(31(36)37-16-23(33)18-10-4-3-5-11-18)32-29(34)26-24-19-12-6-7-13-20(19)25(27(26)30(32)35)22-15-9-8-14-21(22)24/h3-15,17,24-28H,16H2,1-2H3/t24?,25?,26-,27-,28-/m0/s1. The van der Waals surface area contributed by atoms with Gasteiger partial charge in [0.2, 0.25) is 11.8 Å². The minimum atomic E-state index is -1.10. The molecule has 0 N–H and O–H groups in total. The Bertz CT molecular complexity index is 1310. The van der Waals surface area contributed by atoms with Gasteiger partial charge in [0, 0.05) is 17.4 Å². The normalized spacial score (nSPS) is 23.9. The van der Waals surface area contributed by atoms with Crippen LogP contribution in [0.5, 0.6) is 0 Å². The Balaban J connectivity index is 1.33. The van der Waals surface area contributed by atoms with E-state index in [-0.39, 0.29) is 35.4 Å². The lowest BCUT2D eigenvalue weighted by Crippen LogP contribution is -2.49. The third kappa shape index (κ3) is 3.46. The van der Waals surface area contributed by atoms with E-state index >= 15 is 0 Å². The first-order valence-electron chi connectivity index (χ1n) is 12.7. The molecule has 3 aromatic carbocycles.